The van der Waals surface area contributed by atoms with E-state index in [0.717, 1.165) is 44.9 Å². The van der Waals surface area contributed by atoms with E-state index in [4.69, 9.17) is 4.74 Å². The number of carbonyl (C=O) groups is 2. The molecule has 0 heterocycles. The maximum absolute atomic E-state index is 12.5. The van der Waals surface area contributed by atoms with Crippen LogP contribution in [0.4, 0.5) is 0 Å². The Morgan fingerprint density at radius 2 is 0.573 bits per heavy atom. The number of unbranched alkanes of at least 4 members (excludes halogenated alkanes) is 56. The van der Waals surface area contributed by atoms with Gasteiger partial charge in [0.25, 0.3) is 0 Å². The summed E-state index contributed by atoms with van der Waals surface area (Å²) < 4.78 is 5.50. The van der Waals surface area contributed by atoms with Crippen LogP contribution < -0.4 is 5.32 Å². The number of allylic oxidation sites excluding steroid dienone is 4. The number of rotatable bonds is 71. The molecule has 0 fully saturated rings. The molecule has 0 radical (unpaired) electrons. The maximum atomic E-state index is 12.5. The van der Waals surface area contributed by atoms with E-state index in [1.54, 1.807) is 0 Å². The monoisotopic (exact) mass is 1150 g/mol. The van der Waals surface area contributed by atoms with E-state index in [0.29, 0.717) is 25.9 Å². The van der Waals surface area contributed by atoms with Crippen LogP contribution in [0, 0.1) is 0 Å². The van der Waals surface area contributed by atoms with Crippen LogP contribution in [-0.4, -0.2) is 47.4 Å². The number of esters is 1. The van der Waals surface area contributed by atoms with Gasteiger partial charge in [-0.15, -0.1) is 0 Å². The molecule has 0 aromatic carbocycles. The molecule has 2 unspecified atom stereocenters. The molecule has 0 aromatic rings. The van der Waals surface area contributed by atoms with Crippen molar-refractivity contribution in [1.82, 2.24) is 5.32 Å². The summed E-state index contributed by atoms with van der Waals surface area (Å²) in [6.45, 7) is 4.99. The number of aliphatic hydroxyl groups excluding tert-OH is 2. The lowest BCUT2D eigenvalue weighted by molar-refractivity contribution is -0.143. The van der Waals surface area contributed by atoms with Crippen molar-refractivity contribution in [3.8, 4) is 0 Å². The third-order valence-corrected chi connectivity index (χ3v) is 17.7. The second kappa shape index (κ2) is 71.8. The molecular weight excluding hydrogens is 1010 g/mol. The van der Waals surface area contributed by atoms with E-state index < -0.39 is 12.1 Å². The van der Waals surface area contributed by atoms with Crippen LogP contribution in [0.1, 0.15) is 425 Å². The van der Waals surface area contributed by atoms with Crippen LogP contribution in [0.5, 0.6) is 0 Å². The van der Waals surface area contributed by atoms with E-state index in [1.165, 1.54) is 347 Å². The summed E-state index contributed by atoms with van der Waals surface area (Å²) in [6, 6.07) is -0.539. The van der Waals surface area contributed by atoms with Crippen molar-refractivity contribution in [2.24, 2.45) is 0 Å². The Labute approximate surface area is 513 Å². The first kappa shape index (κ1) is 80.3. The number of aliphatic hydroxyl groups is 2. The zero-order chi connectivity index (χ0) is 59.2. The fourth-order valence-electron chi connectivity index (χ4n) is 12.0. The molecule has 486 valence electrons. The predicted octanol–water partition coefficient (Wildman–Crippen LogP) is 24.5. The van der Waals surface area contributed by atoms with Gasteiger partial charge in [0.1, 0.15) is 0 Å². The van der Waals surface area contributed by atoms with Gasteiger partial charge in [-0.2, -0.15) is 0 Å². The Morgan fingerprint density at radius 1 is 0.329 bits per heavy atom. The van der Waals surface area contributed by atoms with Crippen LogP contribution in [0.3, 0.4) is 0 Å². The molecule has 0 spiro atoms. The Balaban J connectivity index is 3.34. The molecule has 0 aliphatic rings. The fourth-order valence-corrected chi connectivity index (χ4v) is 12.0. The minimum absolute atomic E-state index is 0.0157. The zero-order valence-electron chi connectivity index (χ0n) is 55.8. The molecular formula is C76H147NO5. The quantitative estimate of drug-likeness (QED) is 0.0320. The molecule has 0 aliphatic carbocycles. The molecule has 0 aromatic heterocycles. The summed E-state index contributed by atoms with van der Waals surface area (Å²) in [5.41, 5.74) is 0. The second-order valence-corrected chi connectivity index (χ2v) is 26.0. The molecule has 0 saturated heterocycles. The highest BCUT2D eigenvalue weighted by Crippen LogP contribution is 2.19. The van der Waals surface area contributed by atoms with Crippen molar-refractivity contribution in [2.45, 2.75) is 437 Å². The zero-order valence-corrected chi connectivity index (χ0v) is 55.8. The smallest absolute Gasteiger partial charge is 0.305 e. The van der Waals surface area contributed by atoms with Crippen molar-refractivity contribution >= 4 is 11.9 Å². The molecule has 0 bridgehead atoms. The second-order valence-electron chi connectivity index (χ2n) is 26.0. The number of nitrogens with one attached hydrogen (secondary N) is 1. The molecule has 3 N–H and O–H groups in total. The summed E-state index contributed by atoms with van der Waals surface area (Å²) in [5, 5.41) is 23.4. The Hall–Kier alpha value is -1.66. The van der Waals surface area contributed by atoms with Gasteiger partial charge >= 0.3 is 5.97 Å². The Kier molecular flexibility index (Phi) is 70.4. The van der Waals surface area contributed by atoms with Gasteiger partial charge in [-0.1, -0.05) is 359 Å². The first-order chi connectivity index (χ1) is 40.5. The van der Waals surface area contributed by atoms with E-state index >= 15 is 0 Å². The van der Waals surface area contributed by atoms with Gasteiger partial charge in [-0.05, 0) is 77.0 Å². The minimum Gasteiger partial charge on any atom is -0.466 e. The highest BCUT2D eigenvalue weighted by atomic mass is 16.5. The summed E-state index contributed by atoms with van der Waals surface area (Å²) in [6.07, 6.45) is 91.1. The third-order valence-electron chi connectivity index (χ3n) is 17.7. The van der Waals surface area contributed by atoms with Crippen LogP contribution >= 0.6 is 0 Å². The average Bonchev–Trinajstić information content (AvgIpc) is 3.48. The van der Waals surface area contributed by atoms with Crippen LogP contribution in [0.25, 0.3) is 0 Å². The molecule has 1 amide bonds. The average molecular weight is 1160 g/mol. The lowest BCUT2D eigenvalue weighted by atomic mass is 10.0. The molecule has 0 aliphatic heterocycles. The molecule has 0 saturated carbocycles. The van der Waals surface area contributed by atoms with Gasteiger partial charge in [0.15, 0.2) is 0 Å². The standard InChI is InChI=1S/C76H147NO5/c1-3-5-7-9-11-13-15-17-19-37-42-46-50-54-58-62-66-70-76(81)82-71-67-63-59-55-51-47-43-39-36-34-32-30-28-26-24-22-21-23-25-27-29-31-33-35-38-41-45-49-53-57-61-65-69-75(80)77-73(72-78)74(79)68-64-60-56-52-48-44-40-20-18-16-14-12-10-8-6-4-2/h17,19,24,26,73-74,78-79H,3-16,18,20-23,25,27-72H2,1-2H3,(H,77,80)/b19-17-,26-24-. The fraction of sp³-hybridized carbons (Fsp3) is 0.921. The Bertz CT molecular complexity index is 1280. The molecule has 2 atom stereocenters. The summed E-state index contributed by atoms with van der Waals surface area (Å²) in [5.74, 6) is -0.0130. The number of hydrogen-bond donors (Lipinski definition) is 3. The lowest BCUT2D eigenvalue weighted by Gasteiger charge is -2.22. The van der Waals surface area contributed by atoms with Crippen LogP contribution in [0.15, 0.2) is 24.3 Å². The number of hydrogen-bond acceptors (Lipinski definition) is 5. The largest absolute Gasteiger partial charge is 0.466 e. The van der Waals surface area contributed by atoms with E-state index in [9.17, 15) is 19.8 Å². The van der Waals surface area contributed by atoms with Gasteiger partial charge in [0.05, 0.1) is 25.4 Å². The first-order valence-electron chi connectivity index (χ1n) is 37.6. The third kappa shape index (κ3) is 67.5. The van der Waals surface area contributed by atoms with E-state index in [2.05, 4.69) is 43.5 Å². The molecule has 82 heavy (non-hydrogen) atoms. The predicted molar refractivity (Wildman–Crippen MR) is 361 cm³/mol. The molecule has 6 heteroatoms. The summed E-state index contributed by atoms with van der Waals surface area (Å²) in [4.78, 5) is 24.6. The van der Waals surface area contributed by atoms with Crippen molar-refractivity contribution in [2.75, 3.05) is 13.2 Å². The van der Waals surface area contributed by atoms with E-state index in [-0.39, 0.29) is 18.5 Å². The highest BCUT2D eigenvalue weighted by molar-refractivity contribution is 5.76. The number of carbonyl (C=O) groups excluding carboxylic acids is 2. The van der Waals surface area contributed by atoms with Crippen molar-refractivity contribution in [3.05, 3.63) is 24.3 Å². The molecule has 6 nitrogen and oxygen atoms in total. The first-order valence-corrected chi connectivity index (χ1v) is 37.6. The van der Waals surface area contributed by atoms with E-state index in [1.807, 2.05) is 0 Å². The van der Waals surface area contributed by atoms with Gasteiger partial charge in [-0.3, -0.25) is 9.59 Å². The summed E-state index contributed by atoms with van der Waals surface area (Å²) in [7, 11) is 0. The SMILES string of the molecule is CCCCCCCC/C=C\CCCCCCCCCC(=O)OCCCCCCCCCCCCCC/C=C\CCCCCCCCCCCCCCCCCCC(=O)NC(CO)C(O)CCCCCCCCCCCCCCCCCC. The minimum atomic E-state index is -0.662. The molecule has 0 rings (SSSR count). The van der Waals surface area contributed by atoms with Gasteiger partial charge in [-0.25, -0.2) is 0 Å². The van der Waals surface area contributed by atoms with Gasteiger partial charge in [0, 0.05) is 12.8 Å². The van der Waals surface area contributed by atoms with Crippen LogP contribution in [0.2, 0.25) is 0 Å². The Morgan fingerprint density at radius 3 is 0.866 bits per heavy atom. The van der Waals surface area contributed by atoms with Gasteiger partial charge < -0.3 is 20.3 Å². The van der Waals surface area contributed by atoms with Crippen LogP contribution in [-0.2, 0) is 14.3 Å². The normalized spacial score (nSPS) is 12.6. The van der Waals surface area contributed by atoms with Crippen molar-refractivity contribution < 1.29 is 24.5 Å². The number of amides is 1. The number of ether oxygens (including phenoxy) is 1. The lowest BCUT2D eigenvalue weighted by Crippen LogP contribution is -2.45. The van der Waals surface area contributed by atoms with Crippen molar-refractivity contribution in [3.63, 3.8) is 0 Å². The topological polar surface area (TPSA) is 95.9 Å². The summed E-state index contributed by atoms with van der Waals surface area (Å²) >= 11 is 0. The maximum Gasteiger partial charge on any atom is 0.305 e. The highest BCUT2D eigenvalue weighted by Gasteiger charge is 2.20. The van der Waals surface area contributed by atoms with Crippen molar-refractivity contribution in [1.29, 1.82) is 0 Å². The van der Waals surface area contributed by atoms with Gasteiger partial charge in [0.2, 0.25) is 5.91 Å².